The Kier molecular flexibility index (Phi) is 5.22. The molecule has 2 atom stereocenters. The minimum Gasteiger partial charge on any atom is -0.435 e. The van der Waals surface area contributed by atoms with Crippen molar-refractivity contribution in [3.05, 3.63) is 59.9 Å². The molecule has 1 heterocycles. The fourth-order valence-corrected chi connectivity index (χ4v) is 2.16. The maximum absolute atomic E-state index is 12.1. The lowest BCUT2D eigenvalue weighted by Crippen LogP contribution is -2.22. The van der Waals surface area contributed by atoms with Gasteiger partial charge in [-0.2, -0.15) is 8.78 Å². The van der Waals surface area contributed by atoms with E-state index >= 15 is 0 Å². The monoisotopic (exact) mass is 292 g/mol. The van der Waals surface area contributed by atoms with Crippen molar-refractivity contribution in [2.24, 2.45) is 0 Å². The van der Waals surface area contributed by atoms with Crippen LogP contribution in [0, 0.1) is 0 Å². The van der Waals surface area contributed by atoms with Gasteiger partial charge in [0.15, 0.2) is 0 Å². The zero-order chi connectivity index (χ0) is 15.2. The summed E-state index contributed by atoms with van der Waals surface area (Å²) in [4.78, 5) is 4.00. The molecule has 0 aliphatic rings. The highest BCUT2D eigenvalue weighted by Gasteiger charge is 2.11. The smallest absolute Gasteiger partial charge is 0.387 e. The third-order valence-corrected chi connectivity index (χ3v) is 3.31. The first kappa shape index (κ1) is 15.4. The van der Waals surface area contributed by atoms with Crippen LogP contribution in [0.2, 0.25) is 0 Å². The van der Waals surface area contributed by atoms with Gasteiger partial charge in [0.05, 0.1) is 0 Å². The van der Waals surface area contributed by atoms with Gasteiger partial charge in [0.25, 0.3) is 0 Å². The van der Waals surface area contributed by atoms with E-state index in [2.05, 4.69) is 22.0 Å². The number of benzene rings is 1. The first-order valence-electron chi connectivity index (χ1n) is 6.77. The number of hydrogen-bond acceptors (Lipinski definition) is 3. The van der Waals surface area contributed by atoms with Crippen molar-refractivity contribution in [2.75, 3.05) is 0 Å². The molecule has 0 fully saturated rings. The highest BCUT2D eigenvalue weighted by atomic mass is 19.3. The van der Waals surface area contributed by atoms with Crippen LogP contribution in [0.1, 0.15) is 37.1 Å². The molecule has 2 unspecified atom stereocenters. The number of hydrogen-bond donors (Lipinski definition) is 1. The van der Waals surface area contributed by atoms with E-state index in [4.69, 9.17) is 0 Å². The summed E-state index contributed by atoms with van der Waals surface area (Å²) in [7, 11) is 0. The normalized spacial score (nSPS) is 14.0. The van der Waals surface area contributed by atoms with Gasteiger partial charge >= 0.3 is 6.61 Å². The van der Waals surface area contributed by atoms with E-state index < -0.39 is 6.61 Å². The largest absolute Gasteiger partial charge is 0.435 e. The lowest BCUT2D eigenvalue weighted by atomic mass is 10.1. The quantitative estimate of drug-likeness (QED) is 0.870. The van der Waals surface area contributed by atoms with E-state index in [1.54, 1.807) is 36.7 Å². The molecular weight excluding hydrogens is 274 g/mol. The van der Waals surface area contributed by atoms with Crippen LogP contribution in [0.5, 0.6) is 5.75 Å². The van der Waals surface area contributed by atoms with Crippen LogP contribution in [0.15, 0.2) is 48.8 Å². The summed E-state index contributed by atoms with van der Waals surface area (Å²) in [5, 5.41) is 3.46. The Morgan fingerprint density at radius 2 is 1.43 bits per heavy atom. The van der Waals surface area contributed by atoms with E-state index in [1.807, 2.05) is 19.1 Å². The van der Waals surface area contributed by atoms with Crippen molar-refractivity contribution in [1.82, 2.24) is 10.3 Å². The third kappa shape index (κ3) is 4.49. The fourth-order valence-electron chi connectivity index (χ4n) is 2.16. The summed E-state index contributed by atoms with van der Waals surface area (Å²) in [6, 6.07) is 10.9. The summed E-state index contributed by atoms with van der Waals surface area (Å²) >= 11 is 0. The third-order valence-electron chi connectivity index (χ3n) is 3.31. The van der Waals surface area contributed by atoms with Crippen molar-refractivity contribution in [1.29, 1.82) is 0 Å². The standard InChI is InChI=1S/C16H18F2N2O/c1-11(20-12(2)14-7-9-19-10-8-14)13-3-5-15(6-4-13)21-16(17)18/h3-12,16,20H,1-2H3. The Morgan fingerprint density at radius 3 is 1.95 bits per heavy atom. The zero-order valence-electron chi connectivity index (χ0n) is 12.0. The number of pyridine rings is 1. The van der Waals surface area contributed by atoms with Crippen LogP contribution in [-0.4, -0.2) is 11.6 Å². The fraction of sp³-hybridized carbons (Fsp3) is 0.312. The Hall–Kier alpha value is -2.01. The molecule has 1 N–H and O–H groups in total. The molecule has 5 heteroatoms. The van der Waals surface area contributed by atoms with E-state index in [9.17, 15) is 8.78 Å². The van der Waals surface area contributed by atoms with Gasteiger partial charge in [-0.1, -0.05) is 12.1 Å². The molecule has 0 aliphatic heterocycles. The van der Waals surface area contributed by atoms with Gasteiger partial charge in [0, 0.05) is 24.5 Å². The summed E-state index contributed by atoms with van der Waals surface area (Å²) in [6.45, 7) is 1.30. The average molecular weight is 292 g/mol. The maximum Gasteiger partial charge on any atom is 0.387 e. The summed E-state index contributed by atoms with van der Waals surface area (Å²) < 4.78 is 28.5. The molecule has 0 spiro atoms. The molecule has 3 nitrogen and oxygen atoms in total. The number of alkyl halides is 2. The molecule has 21 heavy (non-hydrogen) atoms. The SMILES string of the molecule is CC(NC(C)c1ccc(OC(F)F)cc1)c1ccncc1. The van der Waals surface area contributed by atoms with E-state index in [0.29, 0.717) is 0 Å². The van der Waals surface area contributed by atoms with Crippen LogP contribution in [0.25, 0.3) is 0 Å². The van der Waals surface area contributed by atoms with Crippen molar-refractivity contribution >= 4 is 0 Å². The predicted octanol–water partition coefficient (Wildman–Crippen LogP) is 4.09. The Bertz CT molecular complexity index is 546. The second-order valence-electron chi connectivity index (χ2n) is 4.84. The highest BCUT2D eigenvalue weighted by molar-refractivity contribution is 5.29. The van der Waals surface area contributed by atoms with Gasteiger partial charge in [-0.15, -0.1) is 0 Å². The zero-order valence-corrected chi connectivity index (χ0v) is 12.0. The molecular formula is C16H18F2N2O. The van der Waals surface area contributed by atoms with Crippen molar-refractivity contribution < 1.29 is 13.5 Å². The topological polar surface area (TPSA) is 34.1 Å². The first-order valence-corrected chi connectivity index (χ1v) is 6.77. The Labute approximate surface area is 123 Å². The molecule has 2 aromatic rings. The van der Waals surface area contributed by atoms with Crippen molar-refractivity contribution in [2.45, 2.75) is 32.5 Å². The van der Waals surface area contributed by atoms with Crippen LogP contribution in [0.3, 0.4) is 0 Å². The lowest BCUT2D eigenvalue weighted by molar-refractivity contribution is -0.0498. The molecule has 0 amide bonds. The van der Waals surface area contributed by atoms with Gasteiger partial charge in [0.1, 0.15) is 5.75 Å². The van der Waals surface area contributed by atoms with Crippen molar-refractivity contribution in [3.63, 3.8) is 0 Å². The molecule has 0 aliphatic carbocycles. The number of nitrogens with one attached hydrogen (secondary N) is 1. The first-order chi connectivity index (χ1) is 10.1. The molecule has 0 saturated heterocycles. The van der Waals surface area contributed by atoms with Gasteiger partial charge in [0.2, 0.25) is 0 Å². The second-order valence-corrected chi connectivity index (χ2v) is 4.84. The number of halogens is 2. The molecule has 112 valence electrons. The minimum atomic E-state index is -2.79. The Morgan fingerprint density at radius 1 is 0.905 bits per heavy atom. The molecule has 0 bridgehead atoms. The van der Waals surface area contributed by atoms with Crippen LogP contribution >= 0.6 is 0 Å². The minimum absolute atomic E-state index is 0.0914. The van der Waals surface area contributed by atoms with Gasteiger partial charge in [-0.25, -0.2) is 0 Å². The van der Waals surface area contributed by atoms with Crippen LogP contribution in [0.4, 0.5) is 8.78 Å². The Balaban J connectivity index is 1.98. The number of rotatable bonds is 6. The van der Waals surface area contributed by atoms with Gasteiger partial charge in [-0.05, 0) is 49.2 Å². The lowest BCUT2D eigenvalue weighted by Gasteiger charge is -2.21. The van der Waals surface area contributed by atoms with Crippen LogP contribution in [-0.2, 0) is 0 Å². The van der Waals surface area contributed by atoms with Crippen molar-refractivity contribution in [3.8, 4) is 5.75 Å². The highest BCUT2D eigenvalue weighted by Crippen LogP contribution is 2.22. The van der Waals surface area contributed by atoms with Crippen LogP contribution < -0.4 is 10.1 Å². The van der Waals surface area contributed by atoms with Gasteiger partial charge < -0.3 is 10.1 Å². The molecule has 1 aromatic heterocycles. The van der Waals surface area contributed by atoms with Gasteiger partial charge in [-0.3, -0.25) is 4.98 Å². The van der Waals surface area contributed by atoms with E-state index in [0.717, 1.165) is 11.1 Å². The predicted molar refractivity (Wildman–Crippen MR) is 77.3 cm³/mol. The molecule has 0 radical (unpaired) electrons. The number of nitrogens with zero attached hydrogens (tertiary/aromatic N) is 1. The molecule has 1 aromatic carbocycles. The number of aromatic nitrogens is 1. The summed E-state index contributed by atoms with van der Waals surface area (Å²) in [6.07, 6.45) is 3.52. The summed E-state index contributed by atoms with van der Waals surface area (Å²) in [5.74, 6) is 0.170. The molecule has 2 rings (SSSR count). The second kappa shape index (κ2) is 7.13. The average Bonchev–Trinajstić information content (AvgIpc) is 2.48. The summed E-state index contributed by atoms with van der Waals surface area (Å²) in [5.41, 5.74) is 2.16. The van der Waals surface area contributed by atoms with E-state index in [1.165, 1.54) is 0 Å². The maximum atomic E-state index is 12.1. The molecule has 0 saturated carbocycles. The van der Waals surface area contributed by atoms with E-state index in [-0.39, 0.29) is 17.8 Å². The number of ether oxygens (including phenoxy) is 1.